The molecule has 2 fully saturated rings. The molecule has 1 spiro atoms. The molecule has 0 aromatic carbocycles. The van der Waals surface area contributed by atoms with E-state index in [-0.39, 0.29) is 17.7 Å². The fourth-order valence-electron chi connectivity index (χ4n) is 3.53. The molecule has 1 atom stereocenters. The van der Waals surface area contributed by atoms with Gasteiger partial charge in [-0.2, -0.15) is 26.3 Å². The largest absolute Gasteiger partial charge is 0.490 e. The van der Waals surface area contributed by atoms with Crippen molar-refractivity contribution in [2.24, 2.45) is 0 Å². The Balaban J connectivity index is 0.000000396. The molecule has 5 nitrogen and oxygen atoms in total. The van der Waals surface area contributed by atoms with Gasteiger partial charge in [0, 0.05) is 25.3 Å². The number of ether oxygens (including phenoxy) is 1. The minimum atomic E-state index is -5.08. The predicted molar refractivity (Wildman–Crippen MR) is 89.9 cm³/mol. The molecule has 0 aliphatic carbocycles. The summed E-state index contributed by atoms with van der Waals surface area (Å²) in [5.41, 5.74) is -1.06. The summed E-state index contributed by atoms with van der Waals surface area (Å²) in [5, 5.41) is 7.12. The van der Waals surface area contributed by atoms with Crippen LogP contribution in [0.25, 0.3) is 0 Å². The summed E-state index contributed by atoms with van der Waals surface area (Å²) in [4.78, 5) is 14.0. The SMILES string of the molecule is Fc1cnc(C(F)(F)F)cc1CN1CCCC2(CCCO2)CC1.O=C(O)C(F)(F)F. The van der Waals surface area contributed by atoms with E-state index in [1.54, 1.807) is 0 Å². The highest BCUT2D eigenvalue weighted by Gasteiger charge is 2.38. The van der Waals surface area contributed by atoms with E-state index < -0.39 is 29.8 Å². The van der Waals surface area contributed by atoms with E-state index in [1.165, 1.54) is 0 Å². The number of hydrogen-bond acceptors (Lipinski definition) is 4. The highest BCUT2D eigenvalue weighted by molar-refractivity contribution is 5.73. The van der Waals surface area contributed by atoms with E-state index in [2.05, 4.69) is 4.98 Å². The number of nitrogens with zero attached hydrogens (tertiary/aromatic N) is 2. The van der Waals surface area contributed by atoms with Crippen LogP contribution in [0.5, 0.6) is 0 Å². The molecule has 3 rings (SSSR count). The van der Waals surface area contributed by atoms with E-state index in [1.807, 2.05) is 4.90 Å². The van der Waals surface area contributed by atoms with Crippen molar-refractivity contribution in [1.82, 2.24) is 9.88 Å². The smallest absolute Gasteiger partial charge is 0.475 e. The van der Waals surface area contributed by atoms with Crippen LogP contribution in [0, 0.1) is 5.82 Å². The number of pyridine rings is 1. The Morgan fingerprint density at radius 3 is 2.30 bits per heavy atom. The Morgan fingerprint density at radius 2 is 1.77 bits per heavy atom. The van der Waals surface area contributed by atoms with E-state index >= 15 is 0 Å². The summed E-state index contributed by atoms with van der Waals surface area (Å²) in [7, 11) is 0. The van der Waals surface area contributed by atoms with Crippen LogP contribution in [0.1, 0.15) is 43.4 Å². The number of aliphatic carboxylic acids is 1. The van der Waals surface area contributed by atoms with Crippen molar-refractivity contribution in [3.8, 4) is 0 Å². The fraction of sp³-hybridized carbons (Fsp3) is 0.667. The Kier molecular flexibility index (Phi) is 7.67. The molecule has 3 heterocycles. The topological polar surface area (TPSA) is 62.7 Å². The molecule has 170 valence electrons. The minimum Gasteiger partial charge on any atom is -0.475 e. The molecule has 12 heteroatoms. The van der Waals surface area contributed by atoms with Crippen LogP contribution in [0.3, 0.4) is 0 Å². The van der Waals surface area contributed by atoms with E-state index in [0.717, 1.165) is 51.3 Å². The number of hydrogen-bond donors (Lipinski definition) is 1. The molecule has 2 aliphatic heterocycles. The van der Waals surface area contributed by atoms with Gasteiger partial charge in [0.25, 0.3) is 0 Å². The first-order chi connectivity index (χ1) is 13.8. The van der Waals surface area contributed by atoms with Crippen molar-refractivity contribution in [2.45, 2.75) is 56.6 Å². The van der Waals surface area contributed by atoms with Crippen molar-refractivity contribution in [3.05, 3.63) is 29.3 Å². The van der Waals surface area contributed by atoms with Gasteiger partial charge in [-0.3, -0.25) is 4.90 Å². The Bertz CT molecular complexity index is 731. The average molecular weight is 446 g/mol. The monoisotopic (exact) mass is 446 g/mol. The third kappa shape index (κ3) is 6.79. The number of carbonyl (C=O) groups is 1. The third-order valence-electron chi connectivity index (χ3n) is 5.04. The lowest BCUT2D eigenvalue weighted by Gasteiger charge is -2.27. The molecule has 2 saturated heterocycles. The summed E-state index contributed by atoms with van der Waals surface area (Å²) in [5.74, 6) is -3.44. The van der Waals surface area contributed by atoms with E-state index in [9.17, 15) is 30.7 Å². The highest BCUT2D eigenvalue weighted by atomic mass is 19.4. The van der Waals surface area contributed by atoms with Crippen molar-refractivity contribution >= 4 is 5.97 Å². The molecule has 0 bridgehead atoms. The standard InChI is InChI=1S/C16H20F4N2O.C2HF3O2/c17-13-10-21-14(16(18,19)20)9-12(13)11-22-6-1-3-15(5-7-22)4-2-8-23-15;3-2(4,5)1(6)7/h9-10H,1-8,11H2;(H,6,7). The lowest BCUT2D eigenvalue weighted by molar-refractivity contribution is -0.192. The molecule has 1 unspecified atom stereocenters. The zero-order valence-electron chi connectivity index (χ0n) is 15.8. The van der Waals surface area contributed by atoms with Crippen LogP contribution in [0.15, 0.2) is 12.3 Å². The van der Waals surface area contributed by atoms with Crippen LogP contribution in [0.4, 0.5) is 30.7 Å². The summed E-state index contributed by atoms with van der Waals surface area (Å²) in [6, 6.07) is 0.821. The minimum absolute atomic E-state index is 0.0515. The molecular formula is C18H21F7N2O3. The second-order valence-corrected chi connectivity index (χ2v) is 7.23. The fourth-order valence-corrected chi connectivity index (χ4v) is 3.53. The maximum Gasteiger partial charge on any atom is 0.490 e. The van der Waals surface area contributed by atoms with E-state index in [0.29, 0.717) is 12.7 Å². The van der Waals surface area contributed by atoms with Crippen molar-refractivity contribution in [3.63, 3.8) is 0 Å². The molecule has 2 aliphatic rings. The summed E-state index contributed by atoms with van der Waals surface area (Å²) < 4.78 is 89.6. The molecule has 1 aromatic rings. The zero-order valence-corrected chi connectivity index (χ0v) is 15.8. The third-order valence-corrected chi connectivity index (χ3v) is 5.04. The lowest BCUT2D eigenvalue weighted by Crippen LogP contribution is -2.30. The van der Waals surface area contributed by atoms with Crippen LogP contribution in [-0.2, 0) is 22.3 Å². The number of aromatic nitrogens is 1. The Labute approximate surface area is 167 Å². The zero-order chi connectivity index (χ0) is 22.6. The highest BCUT2D eigenvalue weighted by Crippen LogP contribution is 2.36. The van der Waals surface area contributed by atoms with Gasteiger partial charge in [0.2, 0.25) is 0 Å². The lowest BCUT2D eigenvalue weighted by atomic mass is 9.92. The molecule has 0 saturated carbocycles. The van der Waals surface area contributed by atoms with Crippen LogP contribution >= 0.6 is 0 Å². The second kappa shape index (κ2) is 9.46. The quantitative estimate of drug-likeness (QED) is 0.683. The van der Waals surface area contributed by atoms with Gasteiger partial charge in [-0.05, 0) is 44.7 Å². The first-order valence-corrected chi connectivity index (χ1v) is 9.20. The van der Waals surface area contributed by atoms with Gasteiger partial charge in [0.1, 0.15) is 11.5 Å². The number of halogens is 7. The van der Waals surface area contributed by atoms with Gasteiger partial charge in [0.05, 0.1) is 11.8 Å². The van der Waals surface area contributed by atoms with Crippen LogP contribution in [0.2, 0.25) is 0 Å². The molecule has 0 amide bonds. The predicted octanol–water partition coefficient (Wildman–Crippen LogP) is 4.41. The number of carboxylic acid groups (broad SMARTS) is 1. The number of carboxylic acids is 1. The Morgan fingerprint density at radius 1 is 1.13 bits per heavy atom. The number of alkyl halides is 6. The van der Waals surface area contributed by atoms with Crippen molar-refractivity contribution in [1.29, 1.82) is 0 Å². The maximum atomic E-state index is 13.8. The molecule has 0 radical (unpaired) electrons. The number of likely N-dealkylation sites (tertiary alicyclic amines) is 1. The van der Waals surface area contributed by atoms with Crippen molar-refractivity contribution < 1.29 is 45.4 Å². The molecular weight excluding hydrogens is 425 g/mol. The van der Waals surface area contributed by atoms with Crippen LogP contribution in [-0.4, -0.2) is 52.4 Å². The molecule has 30 heavy (non-hydrogen) atoms. The number of rotatable bonds is 2. The molecule has 1 N–H and O–H groups in total. The average Bonchev–Trinajstić information content (AvgIpc) is 2.99. The normalized spacial score (nSPS) is 23.0. The van der Waals surface area contributed by atoms with Gasteiger partial charge in [-0.25, -0.2) is 14.2 Å². The summed E-state index contributed by atoms with van der Waals surface area (Å²) in [6.45, 7) is 2.42. The summed E-state index contributed by atoms with van der Waals surface area (Å²) >= 11 is 0. The van der Waals surface area contributed by atoms with Gasteiger partial charge >= 0.3 is 18.3 Å². The molecule has 1 aromatic heterocycles. The van der Waals surface area contributed by atoms with E-state index in [4.69, 9.17) is 14.6 Å². The van der Waals surface area contributed by atoms with Crippen LogP contribution < -0.4 is 0 Å². The first-order valence-electron chi connectivity index (χ1n) is 9.20. The van der Waals surface area contributed by atoms with Crippen molar-refractivity contribution in [2.75, 3.05) is 19.7 Å². The summed E-state index contributed by atoms with van der Waals surface area (Å²) in [6.07, 6.45) is -4.13. The van der Waals surface area contributed by atoms with Gasteiger partial charge in [-0.15, -0.1) is 0 Å². The van der Waals surface area contributed by atoms with Gasteiger partial charge < -0.3 is 9.84 Å². The van der Waals surface area contributed by atoms with Gasteiger partial charge in [0.15, 0.2) is 0 Å². The van der Waals surface area contributed by atoms with Gasteiger partial charge in [-0.1, -0.05) is 0 Å². The second-order valence-electron chi connectivity index (χ2n) is 7.23. The Hall–Kier alpha value is -1.95. The maximum absolute atomic E-state index is 13.8. The first kappa shape index (κ1) is 24.3.